The van der Waals surface area contributed by atoms with Crippen LogP contribution in [0.2, 0.25) is 0 Å². The summed E-state index contributed by atoms with van der Waals surface area (Å²) in [6, 6.07) is 0. The summed E-state index contributed by atoms with van der Waals surface area (Å²) in [5.41, 5.74) is 0. The zero-order valence-corrected chi connectivity index (χ0v) is 10.4. The molecule has 0 saturated heterocycles. The molecule has 0 aliphatic heterocycles. The topological polar surface area (TPSA) is 43.4 Å². The quantitative estimate of drug-likeness (QED) is 0.666. The summed E-state index contributed by atoms with van der Waals surface area (Å²) in [4.78, 5) is 19.8. The average Bonchev–Trinajstić information content (AvgIpc) is 2.33. The maximum Gasteiger partial charge on any atom is 0.292 e. The van der Waals surface area contributed by atoms with E-state index in [0.717, 1.165) is 12.8 Å². The minimum Gasteiger partial charge on any atom is -0.471 e. The highest BCUT2D eigenvalue weighted by Gasteiger charge is 2.16. The molecule has 0 aromatic heterocycles. The molecule has 1 saturated carbocycles. The second-order valence-electron chi connectivity index (χ2n) is 3.28. The zero-order chi connectivity index (χ0) is 12.1. The van der Waals surface area contributed by atoms with Gasteiger partial charge in [-0.2, -0.15) is 0 Å². The lowest BCUT2D eigenvalue weighted by molar-refractivity contribution is -0.126. The third kappa shape index (κ3) is 11.1. The minimum absolute atomic E-state index is 0.375. The Hall–Kier alpha value is -0.860. The third-order valence-corrected chi connectivity index (χ3v) is 2.28. The summed E-state index contributed by atoms with van der Waals surface area (Å²) < 4.78 is 3.86. The number of rotatable bonds is 2. The van der Waals surface area contributed by atoms with Crippen LogP contribution in [0.15, 0.2) is 0 Å². The predicted octanol–water partition coefficient (Wildman–Crippen LogP) is 2.97. The van der Waals surface area contributed by atoms with Crippen LogP contribution in [0.1, 0.15) is 52.9 Å². The van der Waals surface area contributed by atoms with E-state index in [1.165, 1.54) is 26.4 Å². The maximum absolute atomic E-state index is 10.8. The molecule has 0 atom stereocenters. The Morgan fingerprint density at radius 1 is 1.20 bits per heavy atom. The van der Waals surface area contributed by atoms with Gasteiger partial charge >= 0.3 is 0 Å². The largest absolute Gasteiger partial charge is 0.471 e. The Bertz CT molecular complexity index is 149. The summed E-state index contributed by atoms with van der Waals surface area (Å²) in [5, 5.41) is 0. The van der Waals surface area contributed by atoms with Gasteiger partial charge in [0.15, 0.2) is 0 Å². The van der Waals surface area contributed by atoms with Gasteiger partial charge in [0, 0.05) is 5.92 Å². The molecule has 0 bridgehead atoms. The monoisotopic (exact) mass is 216 g/mol. The van der Waals surface area contributed by atoms with Gasteiger partial charge in [-0.15, -0.1) is 0 Å². The zero-order valence-electron chi connectivity index (χ0n) is 10.4. The molecular weight excluding hydrogens is 192 g/mol. The highest BCUT2D eigenvalue weighted by Crippen LogP contribution is 2.23. The van der Waals surface area contributed by atoms with E-state index in [-0.39, 0.29) is 0 Å². The van der Waals surface area contributed by atoms with E-state index in [4.69, 9.17) is 4.79 Å². The maximum atomic E-state index is 10.8. The second-order valence-corrected chi connectivity index (χ2v) is 3.28. The molecular formula is C12H24O3. The molecule has 0 radical (unpaired) electrons. The Morgan fingerprint density at radius 3 is 1.80 bits per heavy atom. The molecule has 3 heteroatoms. The van der Waals surface area contributed by atoms with Crippen molar-refractivity contribution in [1.29, 1.82) is 0 Å². The van der Waals surface area contributed by atoms with Gasteiger partial charge in [-0.25, -0.2) is 0 Å². The first-order chi connectivity index (χ1) is 7.22. The number of methoxy groups -OCH3 is 1. The molecule has 1 rings (SSSR count). The first-order valence-electron chi connectivity index (χ1n) is 5.69. The molecule has 15 heavy (non-hydrogen) atoms. The SMILES string of the molecule is CC.CC(=O)C1CCCCC1.COC=O. The lowest BCUT2D eigenvalue weighted by atomic mass is 9.87. The van der Waals surface area contributed by atoms with Crippen molar-refractivity contribution in [3.05, 3.63) is 0 Å². The minimum atomic E-state index is 0.375. The van der Waals surface area contributed by atoms with E-state index in [1.807, 2.05) is 13.8 Å². The Kier molecular flexibility index (Phi) is 14.5. The van der Waals surface area contributed by atoms with Gasteiger partial charge in [0.2, 0.25) is 0 Å². The Labute approximate surface area is 93.2 Å². The molecule has 0 N–H and O–H groups in total. The van der Waals surface area contributed by atoms with Crippen LogP contribution in [-0.2, 0) is 14.3 Å². The molecule has 90 valence electrons. The van der Waals surface area contributed by atoms with Crippen molar-refractivity contribution in [1.82, 2.24) is 0 Å². The second kappa shape index (κ2) is 13.1. The normalized spacial score (nSPS) is 14.9. The van der Waals surface area contributed by atoms with Crippen LogP contribution in [-0.4, -0.2) is 19.4 Å². The first-order valence-corrected chi connectivity index (χ1v) is 5.69. The van der Waals surface area contributed by atoms with E-state index in [9.17, 15) is 4.79 Å². The van der Waals surface area contributed by atoms with Gasteiger partial charge in [-0.1, -0.05) is 33.1 Å². The fraction of sp³-hybridized carbons (Fsp3) is 0.833. The van der Waals surface area contributed by atoms with Crippen LogP contribution >= 0.6 is 0 Å². The van der Waals surface area contributed by atoms with E-state index >= 15 is 0 Å². The van der Waals surface area contributed by atoms with Crippen LogP contribution in [0, 0.1) is 5.92 Å². The van der Waals surface area contributed by atoms with Crippen molar-refractivity contribution in [2.75, 3.05) is 7.11 Å². The number of hydrogen-bond acceptors (Lipinski definition) is 3. The standard InChI is InChI=1S/C8H14O.C2H4O2.C2H6/c1-7(9)8-5-3-2-4-6-8;1-4-2-3;1-2/h8H,2-6H2,1H3;2H,1H3;1-2H3. The van der Waals surface area contributed by atoms with Gasteiger partial charge in [0.05, 0.1) is 7.11 Å². The van der Waals surface area contributed by atoms with Gasteiger partial charge in [-0.05, 0) is 19.8 Å². The van der Waals surface area contributed by atoms with Crippen molar-refractivity contribution in [2.45, 2.75) is 52.9 Å². The summed E-state index contributed by atoms with van der Waals surface area (Å²) >= 11 is 0. The number of carbonyl (C=O) groups is 2. The highest BCUT2D eigenvalue weighted by atomic mass is 16.5. The molecule has 0 spiro atoms. The van der Waals surface area contributed by atoms with Crippen molar-refractivity contribution >= 4 is 12.3 Å². The van der Waals surface area contributed by atoms with E-state index in [1.54, 1.807) is 6.92 Å². The Balaban J connectivity index is 0. The van der Waals surface area contributed by atoms with E-state index in [2.05, 4.69) is 4.74 Å². The fourth-order valence-corrected chi connectivity index (χ4v) is 1.51. The first kappa shape index (κ1) is 16.6. The van der Waals surface area contributed by atoms with Crippen LogP contribution in [0.4, 0.5) is 0 Å². The molecule has 1 fully saturated rings. The van der Waals surface area contributed by atoms with E-state index < -0.39 is 0 Å². The smallest absolute Gasteiger partial charge is 0.292 e. The lowest BCUT2D eigenvalue weighted by Crippen LogP contribution is -2.13. The predicted molar refractivity (Wildman–Crippen MR) is 61.7 cm³/mol. The number of ether oxygens (including phenoxy) is 1. The summed E-state index contributed by atoms with van der Waals surface area (Å²) in [6.45, 7) is 6.09. The van der Waals surface area contributed by atoms with Crippen LogP contribution in [0.5, 0.6) is 0 Å². The van der Waals surface area contributed by atoms with Gasteiger partial charge in [0.25, 0.3) is 6.47 Å². The molecule has 3 nitrogen and oxygen atoms in total. The number of carbonyl (C=O) groups excluding carboxylic acids is 2. The summed E-state index contributed by atoms with van der Waals surface area (Å²) in [5.74, 6) is 0.813. The molecule has 0 aromatic carbocycles. The third-order valence-electron chi connectivity index (χ3n) is 2.28. The van der Waals surface area contributed by atoms with Crippen molar-refractivity contribution in [3.63, 3.8) is 0 Å². The molecule has 0 amide bonds. The van der Waals surface area contributed by atoms with Crippen molar-refractivity contribution < 1.29 is 14.3 Å². The highest BCUT2D eigenvalue weighted by molar-refractivity contribution is 5.78. The van der Waals surface area contributed by atoms with Crippen LogP contribution < -0.4 is 0 Å². The lowest BCUT2D eigenvalue weighted by Gasteiger charge is -2.17. The molecule has 0 unspecified atom stereocenters. The van der Waals surface area contributed by atoms with Crippen LogP contribution in [0.25, 0.3) is 0 Å². The van der Waals surface area contributed by atoms with Crippen LogP contribution in [0.3, 0.4) is 0 Å². The number of Topliss-reactive ketones (excluding diaryl/α,β-unsaturated/α-hetero) is 1. The summed E-state index contributed by atoms with van der Waals surface area (Å²) in [6.07, 6.45) is 6.17. The fourth-order valence-electron chi connectivity index (χ4n) is 1.51. The Morgan fingerprint density at radius 2 is 1.60 bits per heavy atom. The molecule has 0 heterocycles. The van der Waals surface area contributed by atoms with Crippen molar-refractivity contribution in [2.24, 2.45) is 5.92 Å². The number of ketones is 1. The van der Waals surface area contributed by atoms with Gasteiger partial charge in [-0.3, -0.25) is 9.59 Å². The molecule has 1 aliphatic rings. The molecule has 1 aliphatic carbocycles. The number of hydrogen-bond donors (Lipinski definition) is 0. The van der Waals surface area contributed by atoms with Crippen molar-refractivity contribution in [3.8, 4) is 0 Å². The average molecular weight is 216 g/mol. The summed E-state index contributed by atoms with van der Waals surface area (Å²) in [7, 11) is 1.31. The van der Waals surface area contributed by atoms with Gasteiger partial charge < -0.3 is 4.74 Å². The van der Waals surface area contributed by atoms with Gasteiger partial charge in [0.1, 0.15) is 5.78 Å². The molecule has 0 aromatic rings. The van der Waals surface area contributed by atoms with E-state index in [0.29, 0.717) is 18.2 Å².